The van der Waals surface area contributed by atoms with Gasteiger partial charge in [-0.3, -0.25) is 0 Å². The lowest BCUT2D eigenvalue weighted by molar-refractivity contribution is -0.234. The third-order valence-corrected chi connectivity index (χ3v) is 2.58. The van der Waals surface area contributed by atoms with Crippen LogP contribution in [0.5, 0.6) is 0 Å². The molecule has 0 aromatic heterocycles. The Morgan fingerprint density at radius 1 is 1.56 bits per heavy atom. The second kappa shape index (κ2) is 4.18. The molecule has 1 heterocycles. The number of carbonyl (C=O) groups excluding carboxylic acids is 1. The third-order valence-electron chi connectivity index (χ3n) is 2.58. The van der Waals surface area contributed by atoms with Crippen molar-refractivity contribution in [3.05, 3.63) is 0 Å². The van der Waals surface area contributed by atoms with Crippen molar-refractivity contribution in [2.24, 2.45) is 11.1 Å². The van der Waals surface area contributed by atoms with Gasteiger partial charge in [-0.25, -0.2) is 9.18 Å². The van der Waals surface area contributed by atoms with Gasteiger partial charge in [0.15, 0.2) is 6.17 Å². The standard InChI is InChI=1S/C10H18FNO4/c1-9(2,3)7(16-8(12)13)6(11)10(14)4-15-5-10/h6-7,14H,4-5H2,1-3H3,(H2,12,13). The molecule has 0 radical (unpaired) electrons. The number of hydrogen-bond acceptors (Lipinski definition) is 4. The van der Waals surface area contributed by atoms with Crippen LogP contribution in [0.2, 0.25) is 0 Å². The van der Waals surface area contributed by atoms with Crippen LogP contribution in [-0.4, -0.2) is 42.3 Å². The maximum Gasteiger partial charge on any atom is 0.404 e. The first-order chi connectivity index (χ1) is 7.17. The van der Waals surface area contributed by atoms with Crippen LogP contribution in [0.25, 0.3) is 0 Å². The number of carbonyl (C=O) groups is 1. The van der Waals surface area contributed by atoms with Crippen molar-refractivity contribution >= 4 is 6.09 Å². The first-order valence-electron chi connectivity index (χ1n) is 5.07. The van der Waals surface area contributed by atoms with Gasteiger partial charge < -0.3 is 20.3 Å². The Morgan fingerprint density at radius 2 is 2.06 bits per heavy atom. The molecular weight excluding hydrogens is 217 g/mol. The molecule has 6 heteroatoms. The lowest BCUT2D eigenvalue weighted by Gasteiger charge is -2.44. The molecule has 0 aliphatic carbocycles. The predicted molar refractivity (Wildman–Crippen MR) is 54.6 cm³/mol. The summed E-state index contributed by atoms with van der Waals surface area (Å²) in [5, 5.41) is 9.79. The van der Waals surface area contributed by atoms with Gasteiger partial charge in [0.1, 0.15) is 11.7 Å². The molecule has 1 aliphatic heterocycles. The van der Waals surface area contributed by atoms with Crippen molar-refractivity contribution in [2.45, 2.75) is 38.6 Å². The first-order valence-corrected chi connectivity index (χ1v) is 5.07. The average molecular weight is 235 g/mol. The molecule has 3 N–H and O–H groups in total. The Bertz CT molecular complexity index is 272. The van der Waals surface area contributed by atoms with Crippen molar-refractivity contribution in [1.82, 2.24) is 0 Å². The van der Waals surface area contributed by atoms with Crippen LogP contribution in [0.4, 0.5) is 9.18 Å². The molecule has 0 bridgehead atoms. The summed E-state index contributed by atoms with van der Waals surface area (Å²) in [5.74, 6) is 0. The zero-order valence-corrected chi connectivity index (χ0v) is 9.70. The maximum atomic E-state index is 14.1. The molecule has 0 saturated carbocycles. The van der Waals surface area contributed by atoms with Crippen LogP contribution >= 0.6 is 0 Å². The zero-order valence-electron chi connectivity index (χ0n) is 9.70. The number of rotatable bonds is 3. The molecule has 0 spiro atoms. The van der Waals surface area contributed by atoms with Crippen molar-refractivity contribution in [2.75, 3.05) is 13.2 Å². The molecule has 1 aliphatic rings. The Kier molecular flexibility index (Phi) is 3.44. The molecule has 94 valence electrons. The SMILES string of the molecule is CC(C)(C)C(OC(N)=O)C(F)C1(O)COC1. The van der Waals surface area contributed by atoms with E-state index in [1.165, 1.54) is 0 Å². The van der Waals surface area contributed by atoms with Crippen molar-refractivity contribution in [1.29, 1.82) is 0 Å². The van der Waals surface area contributed by atoms with Gasteiger partial charge in [0.05, 0.1) is 13.2 Å². The molecule has 0 aromatic carbocycles. The molecule has 2 atom stereocenters. The second-order valence-corrected chi connectivity index (χ2v) is 5.22. The van der Waals surface area contributed by atoms with Crippen molar-refractivity contribution in [3.8, 4) is 0 Å². The summed E-state index contributed by atoms with van der Waals surface area (Å²) in [6, 6.07) is 0. The van der Waals surface area contributed by atoms with Gasteiger partial charge >= 0.3 is 6.09 Å². The highest BCUT2D eigenvalue weighted by Crippen LogP contribution is 2.35. The lowest BCUT2D eigenvalue weighted by atomic mass is 9.79. The normalized spacial score (nSPS) is 23.1. The van der Waals surface area contributed by atoms with Gasteiger partial charge in [0, 0.05) is 5.41 Å². The van der Waals surface area contributed by atoms with E-state index in [4.69, 9.17) is 15.2 Å². The molecule has 0 aromatic rings. The summed E-state index contributed by atoms with van der Waals surface area (Å²) in [6.07, 6.45) is -3.86. The predicted octanol–water partition coefficient (Wildman–Crippen LogP) is 0.596. The van der Waals surface area contributed by atoms with E-state index in [9.17, 15) is 14.3 Å². The van der Waals surface area contributed by atoms with Gasteiger partial charge in [-0.15, -0.1) is 0 Å². The lowest BCUT2D eigenvalue weighted by Crippen LogP contribution is -2.62. The smallest absolute Gasteiger partial charge is 0.404 e. The van der Waals surface area contributed by atoms with Gasteiger partial charge in [-0.1, -0.05) is 20.8 Å². The fourth-order valence-electron chi connectivity index (χ4n) is 1.55. The molecule has 2 unspecified atom stereocenters. The summed E-state index contributed by atoms with van der Waals surface area (Å²) >= 11 is 0. The number of nitrogens with two attached hydrogens (primary N) is 1. The van der Waals surface area contributed by atoms with E-state index in [1.807, 2.05) is 0 Å². The summed E-state index contributed by atoms with van der Waals surface area (Å²) in [4.78, 5) is 10.7. The van der Waals surface area contributed by atoms with Crippen LogP contribution in [0.3, 0.4) is 0 Å². The summed E-state index contributed by atoms with van der Waals surface area (Å²) < 4.78 is 23.6. The monoisotopic (exact) mass is 235 g/mol. The van der Waals surface area contributed by atoms with Gasteiger partial charge in [-0.2, -0.15) is 0 Å². The largest absolute Gasteiger partial charge is 0.443 e. The highest BCUT2D eigenvalue weighted by atomic mass is 19.1. The van der Waals surface area contributed by atoms with E-state index in [-0.39, 0.29) is 13.2 Å². The van der Waals surface area contributed by atoms with E-state index < -0.39 is 29.4 Å². The number of alkyl halides is 1. The Hall–Kier alpha value is -0.880. The first kappa shape index (κ1) is 13.2. The van der Waals surface area contributed by atoms with E-state index in [0.717, 1.165) is 0 Å². The minimum atomic E-state index is -1.71. The van der Waals surface area contributed by atoms with E-state index in [1.54, 1.807) is 20.8 Å². The zero-order chi connectivity index (χ0) is 12.6. The average Bonchev–Trinajstić information content (AvgIpc) is 2.07. The molecule has 1 fully saturated rings. The summed E-state index contributed by atoms with van der Waals surface area (Å²) in [5.41, 5.74) is 2.66. The van der Waals surface area contributed by atoms with Crippen molar-refractivity contribution < 1.29 is 23.8 Å². The number of primary amides is 1. The minimum Gasteiger partial charge on any atom is -0.443 e. The number of hydrogen-bond donors (Lipinski definition) is 2. The van der Waals surface area contributed by atoms with Gasteiger partial charge in [-0.05, 0) is 0 Å². The van der Waals surface area contributed by atoms with E-state index in [0.29, 0.717) is 0 Å². The number of aliphatic hydroxyl groups is 1. The summed E-state index contributed by atoms with van der Waals surface area (Å²) in [6.45, 7) is 4.92. The Balaban J connectivity index is 2.79. The maximum absolute atomic E-state index is 14.1. The number of amides is 1. The van der Waals surface area contributed by atoms with E-state index >= 15 is 0 Å². The highest BCUT2D eigenvalue weighted by Gasteiger charge is 2.52. The van der Waals surface area contributed by atoms with Crippen LogP contribution in [0, 0.1) is 5.41 Å². The van der Waals surface area contributed by atoms with Crippen LogP contribution < -0.4 is 5.73 Å². The van der Waals surface area contributed by atoms with Gasteiger partial charge in [0.2, 0.25) is 0 Å². The minimum absolute atomic E-state index is 0.0944. The fraction of sp³-hybridized carbons (Fsp3) is 0.900. The van der Waals surface area contributed by atoms with Crippen molar-refractivity contribution in [3.63, 3.8) is 0 Å². The Morgan fingerprint density at radius 3 is 2.31 bits per heavy atom. The van der Waals surface area contributed by atoms with Gasteiger partial charge in [0.25, 0.3) is 0 Å². The molecule has 1 rings (SSSR count). The molecule has 5 nitrogen and oxygen atoms in total. The van der Waals surface area contributed by atoms with Crippen LogP contribution in [0.1, 0.15) is 20.8 Å². The quantitative estimate of drug-likeness (QED) is 0.750. The molecule has 1 saturated heterocycles. The second-order valence-electron chi connectivity index (χ2n) is 5.22. The number of ether oxygens (including phenoxy) is 2. The fourth-order valence-corrected chi connectivity index (χ4v) is 1.55. The molecular formula is C10H18FNO4. The number of halogens is 1. The molecule has 16 heavy (non-hydrogen) atoms. The highest BCUT2D eigenvalue weighted by molar-refractivity contribution is 5.65. The Labute approximate surface area is 93.7 Å². The topological polar surface area (TPSA) is 81.8 Å². The molecule has 1 amide bonds. The van der Waals surface area contributed by atoms with Crippen LogP contribution in [0.15, 0.2) is 0 Å². The van der Waals surface area contributed by atoms with Crippen LogP contribution in [-0.2, 0) is 9.47 Å². The summed E-state index contributed by atoms with van der Waals surface area (Å²) in [7, 11) is 0. The third kappa shape index (κ3) is 2.62. The van der Waals surface area contributed by atoms with E-state index in [2.05, 4.69) is 0 Å².